The van der Waals surface area contributed by atoms with Crippen LogP contribution in [-0.4, -0.2) is 82.0 Å². The molecule has 350 valence electrons. The molecule has 0 spiro atoms. The summed E-state index contributed by atoms with van der Waals surface area (Å²) >= 11 is 2.54. The lowest BCUT2D eigenvalue weighted by Crippen LogP contribution is -2.30. The van der Waals surface area contributed by atoms with Crippen molar-refractivity contribution in [1.82, 2.24) is 19.1 Å². The number of nitrogens with two attached hydrogens (primary N) is 2. The summed E-state index contributed by atoms with van der Waals surface area (Å²) in [6.45, 7) is 9.90. The van der Waals surface area contributed by atoms with Gasteiger partial charge in [-0.05, 0) is 59.1 Å². The third-order valence-electron chi connectivity index (χ3n) is 8.50. The first-order chi connectivity index (χ1) is 30.9. The molecule has 20 nitrogen and oxygen atoms in total. The Morgan fingerprint density at radius 3 is 1.18 bits per heavy atom. The molecule has 6 aromatic rings. The maximum atomic E-state index is 12.0. The lowest BCUT2D eigenvalue weighted by atomic mass is 10.0. The van der Waals surface area contributed by atoms with Crippen LogP contribution >= 0.6 is 22.7 Å². The molecule has 24 heteroatoms. The Balaban J connectivity index is 0.000000223. The number of aliphatic carboxylic acids is 2. The number of hydrogen-bond donors (Lipinski definition) is 4. The summed E-state index contributed by atoms with van der Waals surface area (Å²) in [6.07, 6.45) is 12.5. The second-order valence-corrected chi connectivity index (χ2v) is 20.7. The van der Waals surface area contributed by atoms with Crippen molar-refractivity contribution in [2.75, 3.05) is 0 Å². The van der Waals surface area contributed by atoms with E-state index in [0.717, 1.165) is 57.9 Å². The van der Waals surface area contributed by atoms with Gasteiger partial charge in [-0.2, -0.15) is 0 Å². The van der Waals surface area contributed by atoms with Crippen LogP contribution in [-0.2, 0) is 84.2 Å². The number of primary sulfonamides is 2. The highest BCUT2D eigenvalue weighted by Gasteiger charge is 2.29. The molecular formula is C42H44N6O14S4. The highest BCUT2D eigenvalue weighted by molar-refractivity contribution is 7.91. The first kappa shape index (κ1) is 51.9. The van der Waals surface area contributed by atoms with E-state index < -0.39 is 55.9 Å². The Kier molecular flexibility index (Phi) is 18.1. The summed E-state index contributed by atoms with van der Waals surface area (Å²) < 4.78 is 59.1. The van der Waals surface area contributed by atoms with Gasteiger partial charge in [-0.25, -0.2) is 65.8 Å². The number of imidazole rings is 2. The van der Waals surface area contributed by atoms with E-state index in [1.807, 2.05) is 82.2 Å². The van der Waals surface area contributed by atoms with Crippen molar-refractivity contribution in [3.8, 4) is 22.3 Å². The summed E-state index contributed by atoms with van der Waals surface area (Å²) in [6, 6.07) is 19.7. The molecule has 0 radical (unpaired) electrons. The van der Waals surface area contributed by atoms with Crippen molar-refractivity contribution >= 4 is 78.5 Å². The number of aromatic nitrogens is 4. The number of carbonyl (C=O) groups is 6. The minimum absolute atomic E-state index is 0.241. The van der Waals surface area contributed by atoms with E-state index in [1.54, 1.807) is 25.0 Å². The maximum absolute atomic E-state index is 12.0. The van der Waals surface area contributed by atoms with Gasteiger partial charge in [-0.1, -0.05) is 76.2 Å². The Bertz CT molecular complexity index is 2690. The van der Waals surface area contributed by atoms with E-state index in [4.69, 9.17) is 20.5 Å². The molecule has 0 atom stereocenters. The molecule has 66 heavy (non-hydrogen) atoms. The summed E-state index contributed by atoms with van der Waals surface area (Å²) in [5.41, 5.74) is 5.36. The fourth-order valence-corrected chi connectivity index (χ4v) is 10.6. The third kappa shape index (κ3) is 15.8. The topological polar surface area (TPSA) is 317 Å². The number of thiophene rings is 2. The number of sulfonamides is 2. The number of ether oxygens (including phenoxy) is 2. The monoisotopic (exact) mass is 984 g/mol. The SMILES string of the molecule is CC(C)Cc1cc(-c2ccc(Cn3ccnc3)cc2)c(S(N)(=O)=O)s1.CC(C)Cc1cc(-c2ccc(Cn3ccnc3)cc2)c(S(N)(=O)=O)s1.O=C(O)C(=O)OC(=O)C(=O)OC(=O)C(=O)O. The Labute approximate surface area is 386 Å². The third-order valence-corrected chi connectivity index (χ3v) is 13.8. The molecule has 0 amide bonds. The molecule has 0 saturated carbocycles. The van der Waals surface area contributed by atoms with Gasteiger partial charge < -0.3 is 28.8 Å². The Morgan fingerprint density at radius 1 is 0.591 bits per heavy atom. The number of hydrogen-bond acceptors (Lipinski definition) is 16. The summed E-state index contributed by atoms with van der Waals surface area (Å²) in [5, 5.41) is 26.7. The van der Waals surface area contributed by atoms with E-state index in [2.05, 4.69) is 47.1 Å². The van der Waals surface area contributed by atoms with Crippen LogP contribution in [0.15, 0.2) is 107 Å². The quantitative estimate of drug-likeness (QED) is 0.0754. The standard InChI is InChI=1S/2C18H21N3O2S2.C6H2O10/c2*1-13(2)9-16-10-17(18(24-16)25(19,22)23)15-5-3-14(4-6-15)11-21-8-7-20-12-21;7-1(8)3(11)15-5(13)6(14)16-4(12)2(9)10/h2*3-8,10,12-13H,9,11H2,1-2H3,(H2,19,22,23);(H,7,8)(H,9,10). The zero-order chi connectivity index (χ0) is 48.9. The van der Waals surface area contributed by atoms with Crippen molar-refractivity contribution in [3.05, 3.63) is 119 Å². The van der Waals surface area contributed by atoms with E-state index in [9.17, 15) is 45.6 Å². The van der Waals surface area contributed by atoms with Gasteiger partial charge in [0.1, 0.15) is 8.42 Å². The normalized spacial score (nSPS) is 11.2. The number of carbonyl (C=O) groups excluding carboxylic acids is 4. The lowest BCUT2D eigenvalue weighted by molar-refractivity contribution is -0.182. The summed E-state index contributed by atoms with van der Waals surface area (Å²) in [4.78, 5) is 71.3. The minimum Gasteiger partial charge on any atom is -0.473 e. The fraction of sp³-hybridized carbons (Fsp3) is 0.238. The van der Waals surface area contributed by atoms with Crippen LogP contribution in [0.2, 0.25) is 0 Å². The van der Waals surface area contributed by atoms with Crippen LogP contribution in [0.4, 0.5) is 0 Å². The maximum Gasteiger partial charge on any atom is 0.426 e. The van der Waals surface area contributed by atoms with Gasteiger partial charge in [0, 0.05) is 58.8 Å². The first-order valence-electron chi connectivity index (χ1n) is 19.3. The Hall–Kier alpha value is -6.70. The second kappa shape index (κ2) is 23.0. The molecular weight excluding hydrogens is 941 g/mol. The number of carboxylic acid groups (broad SMARTS) is 2. The van der Waals surface area contributed by atoms with E-state index >= 15 is 0 Å². The molecule has 0 bridgehead atoms. The van der Waals surface area contributed by atoms with Gasteiger partial charge in [0.2, 0.25) is 20.0 Å². The van der Waals surface area contributed by atoms with Crippen molar-refractivity contribution < 1.29 is 65.3 Å². The van der Waals surface area contributed by atoms with E-state index in [-0.39, 0.29) is 8.42 Å². The van der Waals surface area contributed by atoms with Crippen LogP contribution in [0.25, 0.3) is 22.3 Å². The highest BCUT2D eigenvalue weighted by Crippen LogP contribution is 2.37. The molecule has 0 fully saturated rings. The van der Waals surface area contributed by atoms with Gasteiger partial charge in [0.15, 0.2) is 0 Å². The molecule has 4 aromatic heterocycles. The molecule has 0 aliphatic carbocycles. The van der Waals surface area contributed by atoms with Crippen molar-refractivity contribution in [2.24, 2.45) is 22.1 Å². The number of esters is 4. The smallest absolute Gasteiger partial charge is 0.426 e. The van der Waals surface area contributed by atoms with E-state index in [1.165, 1.54) is 22.7 Å². The number of rotatable bonds is 12. The average molecular weight is 985 g/mol. The van der Waals surface area contributed by atoms with Gasteiger partial charge in [-0.3, -0.25) is 0 Å². The lowest BCUT2D eigenvalue weighted by Gasteiger charge is -2.06. The molecule has 0 unspecified atom stereocenters. The van der Waals surface area contributed by atoms with Gasteiger partial charge >= 0.3 is 35.8 Å². The van der Waals surface area contributed by atoms with Gasteiger partial charge in [0.25, 0.3) is 0 Å². The van der Waals surface area contributed by atoms with Crippen LogP contribution in [0, 0.1) is 11.8 Å². The van der Waals surface area contributed by atoms with Gasteiger partial charge in [0.05, 0.1) is 12.7 Å². The van der Waals surface area contributed by atoms with Crippen molar-refractivity contribution in [3.63, 3.8) is 0 Å². The summed E-state index contributed by atoms with van der Waals surface area (Å²) in [7, 11) is -7.48. The number of carboxylic acids is 2. The fourth-order valence-electron chi connectivity index (χ4n) is 5.78. The zero-order valence-corrected chi connectivity index (χ0v) is 38.9. The van der Waals surface area contributed by atoms with Crippen molar-refractivity contribution in [2.45, 2.75) is 62.0 Å². The molecule has 6 N–H and O–H groups in total. The molecule has 4 heterocycles. The molecule has 0 saturated heterocycles. The van der Waals surface area contributed by atoms with Gasteiger partial charge in [-0.15, -0.1) is 22.7 Å². The summed E-state index contributed by atoms with van der Waals surface area (Å²) in [5.74, 6) is -11.8. The predicted molar refractivity (Wildman–Crippen MR) is 239 cm³/mol. The second-order valence-electron chi connectivity index (χ2n) is 14.9. The van der Waals surface area contributed by atoms with Crippen molar-refractivity contribution in [1.29, 1.82) is 0 Å². The predicted octanol–water partition coefficient (Wildman–Crippen LogP) is 4.31. The Morgan fingerprint density at radius 2 is 0.924 bits per heavy atom. The minimum atomic E-state index is -3.74. The molecule has 6 rings (SSSR count). The zero-order valence-electron chi connectivity index (χ0n) is 35.6. The molecule has 0 aliphatic rings. The largest absolute Gasteiger partial charge is 0.473 e. The van der Waals surface area contributed by atoms with Crippen LogP contribution in [0.3, 0.4) is 0 Å². The number of nitrogens with zero attached hydrogens (tertiary/aromatic N) is 4. The van der Waals surface area contributed by atoms with Crippen LogP contribution < -0.4 is 10.3 Å². The molecule has 2 aromatic carbocycles. The average Bonchev–Trinajstić information content (AvgIpc) is 4.07. The van der Waals surface area contributed by atoms with Crippen LogP contribution in [0.5, 0.6) is 0 Å². The highest BCUT2D eigenvalue weighted by atomic mass is 32.3. The first-order valence-corrected chi connectivity index (χ1v) is 24.0. The van der Waals surface area contributed by atoms with Crippen LogP contribution in [0.1, 0.15) is 48.6 Å². The number of benzene rings is 2. The van der Waals surface area contributed by atoms with E-state index in [0.29, 0.717) is 23.0 Å². The molecule has 0 aliphatic heterocycles.